The second-order valence-corrected chi connectivity index (χ2v) is 3.92. The standard InChI is InChI=1S/C11H18N4O/c1-12-10-6-13-3-2-11(10)15-5-4-14-9(7-15)8-16/h2-3,6,9,12,14,16H,4-5,7-8H2,1H3/t9-/m1/s1. The Morgan fingerprint density at radius 2 is 2.56 bits per heavy atom. The van der Waals surface area contributed by atoms with Gasteiger partial charge in [-0.1, -0.05) is 0 Å². The average molecular weight is 222 g/mol. The summed E-state index contributed by atoms with van der Waals surface area (Å²) in [7, 11) is 1.90. The minimum atomic E-state index is 0.159. The molecule has 0 spiro atoms. The van der Waals surface area contributed by atoms with Crippen molar-refractivity contribution in [3.8, 4) is 0 Å². The van der Waals surface area contributed by atoms with Gasteiger partial charge in [0.25, 0.3) is 0 Å². The van der Waals surface area contributed by atoms with Gasteiger partial charge in [-0.3, -0.25) is 4.98 Å². The van der Waals surface area contributed by atoms with E-state index in [1.54, 1.807) is 6.20 Å². The lowest BCUT2D eigenvalue weighted by Crippen LogP contribution is -2.52. The van der Waals surface area contributed by atoms with Crippen LogP contribution >= 0.6 is 0 Å². The number of pyridine rings is 1. The highest BCUT2D eigenvalue weighted by Crippen LogP contribution is 2.24. The third-order valence-corrected chi connectivity index (χ3v) is 2.88. The Bertz CT molecular complexity index is 345. The minimum Gasteiger partial charge on any atom is -0.395 e. The van der Waals surface area contributed by atoms with Crippen LogP contribution in [0.1, 0.15) is 0 Å². The molecule has 0 aromatic carbocycles. The van der Waals surface area contributed by atoms with Crippen molar-refractivity contribution in [3.05, 3.63) is 18.5 Å². The van der Waals surface area contributed by atoms with Crippen molar-refractivity contribution < 1.29 is 5.11 Å². The molecule has 1 aromatic rings. The molecule has 3 N–H and O–H groups in total. The van der Waals surface area contributed by atoms with Crippen molar-refractivity contribution in [2.75, 3.05) is 43.5 Å². The van der Waals surface area contributed by atoms with Gasteiger partial charge in [0.05, 0.1) is 24.2 Å². The molecule has 1 aliphatic rings. The van der Waals surface area contributed by atoms with Gasteiger partial charge in [0.1, 0.15) is 0 Å². The molecular weight excluding hydrogens is 204 g/mol. The molecular formula is C11H18N4O. The lowest BCUT2D eigenvalue weighted by Gasteiger charge is -2.35. The Balaban J connectivity index is 2.16. The number of nitrogens with zero attached hydrogens (tertiary/aromatic N) is 2. The third kappa shape index (κ3) is 2.25. The van der Waals surface area contributed by atoms with Gasteiger partial charge in [-0.05, 0) is 6.07 Å². The number of anilines is 2. The van der Waals surface area contributed by atoms with E-state index in [0.29, 0.717) is 0 Å². The zero-order valence-corrected chi connectivity index (χ0v) is 9.48. The summed E-state index contributed by atoms with van der Waals surface area (Å²) in [6, 6.07) is 2.16. The van der Waals surface area contributed by atoms with E-state index in [-0.39, 0.29) is 12.6 Å². The molecule has 1 aliphatic heterocycles. The highest BCUT2D eigenvalue weighted by atomic mass is 16.3. The van der Waals surface area contributed by atoms with Crippen LogP contribution in [0.25, 0.3) is 0 Å². The summed E-state index contributed by atoms with van der Waals surface area (Å²) < 4.78 is 0. The topological polar surface area (TPSA) is 60.4 Å². The van der Waals surface area contributed by atoms with Gasteiger partial charge in [0.2, 0.25) is 0 Å². The first-order valence-electron chi connectivity index (χ1n) is 5.56. The van der Waals surface area contributed by atoms with E-state index < -0.39 is 0 Å². The lowest BCUT2D eigenvalue weighted by atomic mass is 10.2. The highest BCUT2D eigenvalue weighted by molar-refractivity contribution is 5.68. The molecule has 1 atom stereocenters. The monoisotopic (exact) mass is 222 g/mol. The first kappa shape index (κ1) is 11.2. The number of aromatic nitrogens is 1. The Kier molecular flexibility index (Phi) is 3.58. The van der Waals surface area contributed by atoms with Gasteiger partial charge in [0.15, 0.2) is 0 Å². The van der Waals surface area contributed by atoms with Crippen LogP contribution < -0.4 is 15.5 Å². The van der Waals surface area contributed by atoms with E-state index in [2.05, 4.69) is 20.5 Å². The fourth-order valence-electron chi connectivity index (χ4n) is 2.02. The Morgan fingerprint density at radius 1 is 1.69 bits per heavy atom. The lowest BCUT2D eigenvalue weighted by molar-refractivity contribution is 0.236. The van der Waals surface area contributed by atoms with Crippen LogP contribution in [0.4, 0.5) is 11.4 Å². The summed E-state index contributed by atoms with van der Waals surface area (Å²) >= 11 is 0. The van der Waals surface area contributed by atoms with Crippen LogP contribution in [0.3, 0.4) is 0 Å². The largest absolute Gasteiger partial charge is 0.395 e. The fraction of sp³-hybridized carbons (Fsp3) is 0.545. The maximum Gasteiger partial charge on any atom is 0.0761 e. The first-order valence-corrected chi connectivity index (χ1v) is 5.56. The van der Waals surface area contributed by atoms with Crippen molar-refractivity contribution >= 4 is 11.4 Å². The SMILES string of the molecule is CNc1cnccc1N1CCN[C@@H](CO)C1. The molecule has 16 heavy (non-hydrogen) atoms. The second kappa shape index (κ2) is 5.14. The van der Waals surface area contributed by atoms with Gasteiger partial charge < -0.3 is 20.6 Å². The average Bonchev–Trinajstić information content (AvgIpc) is 2.38. The molecule has 0 bridgehead atoms. The summed E-state index contributed by atoms with van der Waals surface area (Å²) in [5, 5.41) is 15.6. The molecule has 2 heterocycles. The minimum absolute atomic E-state index is 0.159. The maximum absolute atomic E-state index is 9.17. The van der Waals surface area contributed by atoms with E-state index in [1.165, 1.54) is 0 Å². The maximum atomic E-state index is 9.17. The van der Waals surface area contributed by atoms with Gasteiger partial charge >= 0.3 is 0 Å². The quantitative estimate of drug-likeness (QED) is 0.666. The predicted octanol–water partition coefficient (Wildman–Crippen LogP) is -0.106. The molecule has 0 saturated carbocycles. The number of hydrogen-bond acceptors (Lipinski definition) is 5. The number of aliphatic hydroxyl groups is 1. The van der Waals surface area contributed by atoms with E-state index in [4.69, 9.17) is 5.11 Å². The molecule has 1 fully saturated rings. The summed E-state index contributed by atoms with van der Waals surface area (Å²) in [6.07, 6.45) is 3.62. The number of nitrogens with one attached hydrogen (secondary N) is 2. The van der Waals surface area contributed by atoms with Crippen molar-refractivity contribution in [2.24, 2.45) is 0 Å². The normalized spacial score (nSPS) is 20.9. The second-order valence-electron chi connectivity index (χ2n) is 3.92. The molecule has 0 radical (unpaired) electrons. The predicted molar refractivity (Wildman–Crippen MR) is 64.9 cm³/mol. The molecule has 88 valence electrons. The Labute approximate surface area is 95.5 Å². The molecule has 0 aliphatic carbocycles. The molecule has 5 nitrogen and oxygen atoms in total. The Morgan fingerprint density at radius 3 is 3.31 bits per heavy atom. The zero-order chi connectivity index (χ0) is 11.4. The Hall–Kier alpha value is -1.33. The molecule has 2 rings (SSSR count). The smallest absolute Gasteiger partial charge is 0.0761 e. The van der Waals surface area contributed by atoms with Crippen molar-refractivity contribution in [1.29, 1.82) is 0 Å². The summed E-state index contributed by atoms with van der Waals surface area (Å²) in [5.41, 5.74) is 2.18. The van der Waals surface area contributed by atoms with Gasteiger partial charge in [-0.25, -0.2) is 0 Å². The summed E-state index contributed by atoms with van der Waals surface area (Å²) in [4.78, 5) is 6.36. The van der Waals surface area contributed by atoms with Crippen LogP contribution in [0, 0.1) is 0 Å². The van der Waals surface area contributed by atoms with Crippen molar-refractivity contribution in [2.45, 2.75) is 6.04 Å². The number of aliphatic hydroxyl groups excluding tert-OH is 1. The van der Waals surface area contributed by atoms with Gasteiger partial charge in [-0.2, -0.15) is 0 Å². The number of hydrogen-bond donors (Lipinski definition) is 3. The van der Waals surface area contributed by atoms with Crippen LogP contribution in [0.15, 0.2) is 18.5 Å². The van der Waals surface area contributed by atoms with Gasteiger partial charge in [-0.15, -0.1) is 0 Å². The van der Waals surface area contributed by atoms with Crippen LogP contribution in [0.5, 0.6) is 0 Å². The van der Waals surface area contributed by atoms with Crippen molar-refractivity contribution in [3.63, 3.8) is 0 Å². The van der Waals surface area contributed by atoms with Crippen LogP contribution in [0.2, 0.25) is 0 Å². The van der Waals surface area contributed by atoms with Crippen LogP contribution in [-0.4, -0.2) is 49.4 Å². The van der Waals surface area contributed by atoms with Crippen LogP contribution in [-0.2, 0) is 0 Å². The summed E-state index contributed by atoms with van der Waals surface area (Å²) in [6.45, 7) is 2.86. The molecule has 0 unspecified atom stereocenters. The molecule has 1 saturated heterocycles. The number of rotatable bonds is 3. The number of piperazine rings is 1. The molecule has 0 amide bonds. The van der Waals surface area contributed by atoms with Gasteiger partial charge in [0, 0.05) is 38.9 Å². The molecule has 1 aromatic heterocycles. The highest BCUT2D eigenvalue weighted by Gasteiger charge is 2.20. The van der Waals surface area contributed by atoms with E-state index in [9.17, 15) is 0 Å². The van der Waals surface area contributed by atoms with E-state index >= 15 is 0 Å². The molecule has 5 heteroatoms. The summed E-state index contributed by atoms with van der Waals surface area (Å²) in [5.74, 6) is 0. The third-order valence-electron chi connectivity index (χ3n) is 2.88. The van der Waals surface area contributed by atoms with E-state index in [1.807, 2.05) is 19.3 Å². The zero-order valence-electron chi connectivity index (χ0n) is 9.48. The van der Waals surface area contributed by atoms with Crippen molar-refractivity contribution in [1.82, 2.24) is 10.3 Å². The fourth-order valence-corrected chi connectivity index (χ4v) is 2.02. The van der Waals surface area contributed by atoms with E-state index in [0.717, 1.165) is 31.0 Å². The first-order chi connectivity index (χ1) is 7.85.